The fourth-order valence-electron chi connectivity index (χ4n) is 1.73. The molecular formula is C14H20O4S. The van der Waals surface area contributed by atoms with Crippen molar-refractivity contribution in [2.24, 2.45) is 0 Å². The van der Waals surface area contributed by atoms with E-state index in [-0.39, 0.29) is 16.7 Å². The summed E-state index contributed by atoms with van der Waals surface area (Å²) >= 11 is 0. The maximum absolute atomic E-state index is 12.2. The second-order valence-electron chi connectivity index (χ2n) is 5.73. The number of aliphatic carboxylic acids is 1. The molecule has 0 aliphatic carbocycles. The molecule has 106 valence electrons. The van der Waals surface area contributed by atoms with Crippen LogP contribution in [0.2, 0.25) is 0 Å². The van der Waals surface area contributed by atoms with E-state index in [0.717, 1.165) is 5.56 Å². The highest BCUT2D eigenvalue weighted by Crippen LogP contribution is 2.25. The molecule has 0 saturated heterocycles. The standard InChI is InChI=1S/C14H20O4S/c1-10(9-13(15)16)19(17,18)12-7-5-11(6-8-12)14(2,3)4/h5-8,10H,9H2,1-4H3,(H,15,16). The van der Waals surface area contributed by atoms with Crippen LogP contribution < -0.4 is 0 Å². The van der Waals surface area contributed by atoms with Gasteiger partial charge in [-0.25, -0.2) is 8.42 Å². The van der Waals surface area contributed by atoms with E-state index in [4.69, 9.17) is 5.11 Å². The number of carbonyl (C=O) groups is 1. The molecule has 0 aliphatic heterocycles. The van der Waals surface area contributed by atoms with Gasteiger partial charge in [0.05, 0.1) is 16.6 Å². The highest BCUT2D eigenvalue weighted by Gasteiger charge is 2.26. The Morgan fingerprint density at radius 3 is 2.05 bits per heavy atom. The smallest absolute Gasteiger partial charge is 0.304 e. The summed E-state index contributed by atoms with van der Waals surface area (Å²) in [5, 5.41) is 7.75. The largest absolute Gasteiger partial charge is 0.481 e. The second-order valence-corrected chi connectivity index (χ2v) is 8.09. The lowest BCUT2D eigenvalue weighted by molar-refractivity contribution is -0.136. The molecular weight excluding hydrogens is 264 g/mol. The molecule has 0 heterocycles. The Balaban J connectivity index is 3.07. The molecule has 0 fully saturated rings. The first-order valence-electron chi connectivity index (χ1n) is 6.11. The lowest BCUT2D eigenvalue weighted by Gasteiger charge is -2.19. The maximum atomic E-state index is 12.2. The van der Waals surface area contributed by atoms with Crippen LogP contribution in [-0.2, 0) is 20.0 Å². The van der Waals surface area contributed by atoms with Gasteiger partial charge in [0.15, 0.2) is 9.84 Å². The molecule has 19 heavy (non-hydrogen) atoms. The monoisotopic (exact) mass is 284 g/mol. The van der Waals surface area contributed by atoms with Crippen LogP contribution in [0.25, 0.3) is 0 Å². The fourth-order valence-corrected chi connectivity index (χ4v) is 3.07. The number of rotatable bonds is 4. The van der Waals surface area contributed by atoms with Crippen LogP contribution in [0.1, 0.15) is 39.7 Å². The summed E-state index contributed by atoms with van der Waals surface area (Å²) in [6, 6.07) is 6.66. The molecule has 1 atom stereocenters. The van der Waals surface area contributed by atoms with Crippen LogP contribution in [-0.4, -0.2) is 24.7 Å². The van der Waals surface area contributed by atoms with E-state index in [1.54, 1.807) is 24.3 Å². The number of carboxylic acids is 1. The highest BCUT2D eigenvalue weighted by atomic mass is 32.2. The number of hydrogen-bond donors (Lipinski definition) is 1. The molecule has 0 radical (unpaired) electrons. The molecule has 5 heteroatoms. The van der Waals surface area contributed by atoms with E-state index < -0.39 is 21.1 Å². The third-order valence-electron chi connectivity index (χ3n) is 3.04. The van der Waals surface area contributed by atoms with Gasteiger partial charge in [-0.1, -0.05) is 32.9 Å². The molecule has 0 aromatic heterocycles. The van der Waals surface area contributed by atoms with Crippen LogP contribution >= 0.6 is 0 Å². The Morgan fingerprint density at radius 2 is 1.68 bits per heavy atom. The molecule has 1 aromatic rings. The molecule has 0 saturated carbocycles. The van der Waals surface area contributed by atoms with Gasteiger partial charge in [-0.2, -0.15) is 0 Å². The van der Waals surface area contributed by atoms with Gasteiger partial charge in [-0.15, -0.1) is 0 Å². The van der Waals surface area contributed by atoms with Crippen molar-refractivity contribution in [3.8, 4) is 0 Å². The summed E-state index contributed by atoms with van der Waals surface area (Å²) in [6.45, 7) is 7.55. The Kier molecular flexibility index (Phi) is 4.40. The van der Waals surface area contributed by atoms with Crippen LogP contribution in [0.3, 0.4) is 0 Å². The molecule has 0 spiro atoms. The molecule has 1 rings (SSSR count). The SMILES string of the molecule is CC(CC(=O)O)S(=O)(=O)c1ccc(C(C)(C)C)cc1. The van der Waals surface area contributed by atoms with Gasteiger partial charge in [0.1, 0.15) is 0 Å². The van der Waals surface area contributed by atoms with Crippen molar-refractivity contribution in [1.29, 1.82) is 0 Å². The predicted octanol–water partition coefficient (Wildman–Crippen LogP) is 2.62. The Morgan fingerprint density at radius 1 is 1.21 bits per heavy atom. The minimum absolute atomic E-state index is 0.0467. The predicted molar refractivity (Wildman–Crippen MR) is 74.0 cm³/mol. The highest BCUT2D eigenvalue weighted by molar-refractivity contribution is 7.92. The van der Waals surface area contributed by atoms with Gasteiger partial charge in [0.25, 0.3) is 0 Å². The van der Waals surface area contributed by atoms with E-state index in [0.29, 0.717) is 0 Å². The summed E-state index contributed by atoms with van der Waals surface area (Å²) in [6.07, 6.45) is -0.386. The van der Waals surface area contributed by atoms with E-state index >= 15 is 0 Å². The zero-order valence-electron chi connectivity index (χ0n) is 11.7. The molecule has 0 aliphatic rings. The average molecular weight is 284 g/mol. The van der Waals surface area contributed by atoms with E-state index in [9.17, 15) is 13.2 Å². The average Bonchev–Trinajstić information content (AvgIpc) is 2.27. The molecule has 0 amide bonds. The molecule has 1 N–H and O–H groups in total. The maximum Gasteiger partial charge on any atom is 0.304 e. The topological polar surface area (TPSA) is 71.4 Å². The summed E-state index contributed by atoms with van der Waals surface area (Å²) in [5.74, 6) is -1.11. The first-order valence-corrected chi connectivity index (χ1v) is 7.66. The first kappa shape index (κ1) is 15.7. The van der Waals surface area contributed by atoms with Crippen molar-refractivity contribution in [1.82, 2.24) is 0 Å². The number of benzene rings is 1. The summed E-state index contributed by atoms with van der Waals surface area (Å²) in [7, 11) is -3.58. The third kappa shape index (κ3) is 3.80. The zero-order chi connectivity index (χ0) is 14.8. The summed E-state index contributed by atoms with van der Waals surface area (Å²) in [4.78, 5) is 10.8. The minimum Gasteiger partial charge on any atom is -0.481 e. The van der Waals surface area contributed by atoms with Gasteiger partial charge in [-0.3, -0.25) is 4.79 Å². The molecule has 1 aromatic carbocycles. The normalized spacial score (nSPS) is 14.1. The van der Waals surface area contributed by atoms with Crippen molar-refractivity contribution in [3.05, 3.63) is 29.8 Å². The van der Waals surface area contributed by atoms with Crippen molar-refractivity contribution in [3.63, 3.8) is 0 Å². The molecule has 0 bridgehead atoms. The number of sulfone groups is 1. The van der Waals surface area contributed by atoms with Crippen molar-refractivity contribution in [2.45, 2.75) is 49.7 Å². The third-order valence-corrected chi connectivity index (χ3v) is 5.20. The van der Waals surface area contributed by atoms with Gasteiger partial charge >= 0.3 is 5.97 Å². The lowest BCUT2D eigenvalue weighted by atomic mass is 9.87. The van der Waals surface area contributed by atoms with E-state index in [1.165, 1.54) is 6.92 Å². The van der Waals surface area contributed by atoms with Gasteiger partial charge in [-0.05, 0) is 30.0 Å². The summed E-state index contributed by atoms with van der Waals surface area (Å²) < 4.78 is 24.3. The molecule has 1 unspecified atom stereocenters. The van der Waals surface area contributed by atoms with E-state index in [2.05, 4.69) is 0 Å². The summed E-state index contributed by atoms with van der Waals surface area (Å²) in [5.41, 5.74) is 0.993. The van der Waals surface area contributed by atoms with Crippen LogP contribution in [0, 0.1) is 0 Å². The number of hydrogen-bond acceptors (Lipinski definition) is 3. The Hall–Kier alpha value is -1.36. The Labute approximate surface area is 114 Å². The second kappa shape index (κ2) is 5.33. The quantitative estimate of drug-likeness (QED) is 0.922. The number of carboxylic acid groups (broad SMARTS) is 1. The van der Waals surface area contributed by atoms with Gasteiger partial charge in [0, 0.05) is 0 Å². The van der Waals surface area contributed by atoms with Gasteiger partial charge < -0.3 is 5.11 Å². The minimum atomic E-state index is -3.58. The van der Waals surface area contributed by atoms with Crippen LogP contribution in [0.15, 0.2) is 29.2 Å². The first-order chi connectivity index (χ1) is 8.55. The zero-order valence-corrected chi connectivity index (χ0v) is 12.5. The van der Waals surface area contributed by atoms with Gasteiger partial charge in [0.2, 0.25) is 0 Å². The fraction of sp³-hybridized carbons (Fsp3) is 0.500. The van der Waals surface area contributed by atoms with Crippen molar-refractivity contribution < 1.29 is 18.3 Å². The lowest BCUT2D eigenvalue weighted by Crippen LogP contribution is -2.21. The Bertz CT molecular complexity index is 550. The van der Waals surface area contributed by atoms with Crippen molar-refractivity contribution >= 4 is 15.8 Å². The molecule has 4 nitrogen and oxygen atoms in total. The van der Waals surface area contributed by atoms with E-state index in [1.807, 2.05) is 20.8 Å². The van der Waals surface area contributed by atoms with Crippen LogP contribution in [0.4, 0.5) is 0 Å². The van der Waals surface area contributed by atoms with Crippen LogP contribution in [0.5, 0.6) is 0 Å². The van der Waals surface area contributed by atoms with Crippen molar-refractivity contribution in [2.75, 3.05) is 0 Å².